The van der Waals surface area contributed by atoms with Gasteiger partial charge >= 0.3 is 0 Å². The Hall–Kier alpha value is -2.48. The van der Waals surface area contributed by atoms with Crippen LogP contribution in [0.5, 0.6) is 0 Å². The molecule has 0 saturated carbocycles. The molecule has 0 aromatic heterocycles. The standard InChI is InChI=1S/C24H30N2/c1-7-9-22-14-19(5)24(20(6)15-22)26-11-10-25(16-26)23-17(3)12-21(8-2)13-18(23)4/h7-9,12-15H,2,10-11,16H2,1,3-6H3/b9-7+. The second-order valence-corrected chi connectivity index (χ2v) is 7.38. The zero-order chi connectivity index (χ0) is 18.8. The van der Waals surface area contributed by atoms with Gasteiger partial charge in [0.2, 0.25) is 0 Å². The number of anilines is 2. The third-order valence-corrected chi connectivity index (χ3v) is 5.24. The summed E-state index contributed by atoms with van der Waals surface area (Å²) in [6.45, 7) is 17.9. The highest BCUT2D eigenvalue weighted by molar-refractivity contribution is 5.69. The van der Waals surface area contributed by atoms with E-state index in [1.165, 1.54) is 44.8 Å². The molecule has 0 unspecified atom stereocenters. The lowest BCUT2D eigenvalue weighted by Gasteiger charge is -2.27. The van der Waals surface area contributed by atoms with Crippen molar-refractivity contribution in [2.24, 2.45) is 0 Å². The minimum absolute atomic E-state index is 0.944. The van der Waals surface area contributed by atoms with Crippen LogP contribution in [0, 0.1) is 27.7 Å². The van der Waals surface area contributed by atoms with Crippen molar-refractivity contribution in [3.63, 3.8) is 0 Å². The van der Waals surface area contributed by atoms with Crippen molar-refractivity contribution >= 4 is 23.5 Å². The minimum Gasteiger partial charge on any atom is -0.352 e. The second kappa shape index (κ2) is 7.41. The lowest BCUT2D eigenvalue weighted by atomic mass is 10.0. The molecule has 1 aliphatic rings. The first-order valence-corrected chi connectivity index (χ1v) is 9.42. The van der Waals surface area contributed by atoms with Gasteiger partial charge in [-0.25, -0.2) is 0 Å². The summed E-state index contributed by atoms with van der Waals surface area (Å²) in [7, 11) is 0. The molecule has 0 bridgehead atoms. The van der Waals surface area contributed by atoms with Crippen LogP contribution in [0.25, 0.3) is 12.2 Å². The van der Waals surface area contributed by atoms with Crippen molar-refractivity contribution < 1.29 is 0 Å². The quantitative estimate of drug-likeness (QED) is 0.682. The number of benzene rings is 2. The second-order valence-electron chi connectivity index (χ2n) is 7.38. The third-order valence-electron chi connectivity index (χ3n) is 5.24. The van der Waals surface area contributed by atoms with Gasteiger partial charge in [-0.05, 0) is 92.3 Å². The molecule has 0 N–H and O–H groups in total. The summed E-state index contributed by atoms with van der Waals surface area (Å²) in [5.41, 5.74) is 10.6. The maximum absolute atomic E-state index is 3.91. The Kier molecular flexibility index (Phi) is 5.22. The predicted molar refractivity (Wildman–Crippen MR) is 116 cm³/mol. The van der Waals surface area contributed by atoms with E-state index < -0.39 is 0 Å². The predicted octanol–water partition coefficient (Wildman–Crippen LogP) is 5.88. The molecule has 1 fully saturated rings. The summed E-state index contributed by atoms with van der Waals surface area (Å²) in [5, 5.41) is 0. The molecule has 0 amide bonds. The van der Waals surface area contributed by atoms with E-state index in [9.17, 15) is 0 Å². The van der Waals surface area contributed by atoms with E-state index in [0.717, 1.165) is 19.8 Å². The van der Waals surface area contributed by atoms with Crippen LogP contribution in [0.3, 0.4) is 0 Å². The number of rotatable bonds is 4. The molecule has 0 aliphatic carbocycles. The first-order valence-electron chi connectivity index (χ1n) is 9.42. The van der Waals surface area contributed by atoms with Crippen LogP contribution in [0.2, 0.25) is 0 Å². The largest absolute Gasteiger partial charge is 0.352 e. The molecule has 2 aromatic carbocycles. The maximum Gasteiger partial charge on any atom is 0.0904 e. The topological polar surface area (TPSA) is 6.48 Å². The van der Waals surface area contributed by atoms with Gasteiger partial charge in [0.1, 0.15) is 0 Å². The number of hydrogen-bond acceptors (Lipinski definition) is 2. The minimum atomic E-state index is 0.944. The van der Waals surface area contributed by atoms with Gasteiger partial charge in [-0.15, -0.1) is 0 Å². The van der Waals surface area contributed by atoms with Crippen molar-refractivity contribution in [2.75, 3.05) is 29.6 Å². The summed E-state index contributed by atoms with van der Waals surface area (Å²) < 4.78 is 0. The fourth-order valence-electron chi connectivity index (χ4n) is 4.34. The Morgan fingerprint density at radius 3 is 1.58 bits per heavy atom. The summed E-state index contributed by atoms with van der Waals surface area (Å²) in [4.78, 5) is 5.03. The Labute approximate surface area is 158 Å². The number of nitrogens with zero attached hydrogens (tertiary/aromatic N) is 2. The van der Waals surface area contributed by atoms with Gasteiger partial charge in [0.05, 0.1) is 6.67 Å². The Balaban J connectivity index is 1.89. The lowest BCUT2D eigenvalue weighted by molar-refractivity contribution is 0.931. The van der Waals surface area contributed by atoms with E-state index in [2.05, 4.69) is 87.4 Å². The van der Waals surface area contributed by atoms with E-state index in [0.29, 0.717) is 0 Å². The average molecular weight is 347 g/mol. The van der Waals surface area contributed by atoms with Crippen molar-refractivity contribution in [1.29, 1.82) is 0 Å². The van der Waals surface area contributed by atoms with Crippen LogP contribution in [-0.2, 0) is 0 Å². The van der Waals surface area contributed by atoms with Crippen LogP contribution in [0.1, 0.15) is 40.3 Å². The third kappa shape index (κ3) is 3.41. The van der Waals surface area contributed by atoms with Gasteiger partial charge < -0.3 is 9.80 Å². The number of aryl methyl sites for hydroxylation is 4. The van der Waals surface area contributed by atoms with Crippen LogP contribution < -0.4 is 9.80 Å². The monoisotopic (exact) mass is 346 g/mol. The van der Waals surface area contributed by atoms with E-state index >= 15 is 0 Å². The van der Waals surface area contributed by atoms with E-state index in [1.807, 2.05) is 6.08 Å². The molecule has 1 aliphatic heterocycles. The molecule has 0 spiro atoms. The molecule has 2 heteroatoms. The zero-order valence-electron chi connectivity index (χ0n) is 16.8. The zero-order valence-corrected chi connectivity index (χ0v) is 16.8. The average Bonchev–Trinajstić information content (AvgIpc) is 3.02. The van der Waals surface area contributed by atoms with Crippen molar-refractivity contribution in [3.8, 4) is 0 Å². The molecule has 1 saturated heterocycles. The summed E-state index contributed by atoms with van der Waals surface area (Å²) in [6, 6.07) is 9.06. The van der Waals surface area contributed by atoms with Gasteiger partial charge in [0, 0.05) is 24.5 Å². The van der Waals surface area contributed by atoms with Crippen molar-refractivity contribution in [3.05, 3.63) is 70.3 Å². The highest BCUT2D eigenvalue weighted by atomic mass is 15.4. The molecule has 3 rings (SSSR count). The van der Waals surface area contributed by atoms with Gasteiger partial charge in [0.15, 0.2) is 0 Å². The molecule has 1 heterocycles. The number of allylic oxidation sites excluding steroid dienone is 1. The smallest absolute Gasteiger partial charge is 0.0904 e. The molecular weight excluding hydrogens is 316 g/mol. The van der Waals surface area contributed by atoms with E-state index in [1.54, 1.807) is 0 Å². The highest BCUT2D eigenvalue weighted by Gasteiger charge is 2.25. The molecular formula is C24H30N2. The van der Waals surface area contributed by atoms with Crippen LogP contribution in [-0.4, -0.2) is 19.8 Å². The summed E-state index contributed by atoms with van der Waals surface area (Å²) >= 11 is 0. The molecule has 136 valence electrons. The van der Waals surface area contributed by atoms with Crippen molar-refractivity contribution in [2.45, 2.75) is 34.6 Å². The van der Waals surface area contributed by atoms with E-state index in [4.69, 9.17) is 0 Å². The summed E-state index contributed by atoms with van der Waals surface area (Å²) in [6.07, 6.45) is 6.21. The Morgan fingerprint density at radius 1 is 0.769 bits per heavy atom. The molecule has 0 radical (unpaired) electrons. The molecule has 0 atom stereocenters. The van der Waals surface area contributed by atoms with Gasteiger partial charge in [-0.1, -0.05) is 24.8 Å². The Morgan fingerprint density at radius 2 is 1.19 bits per heavy atom. The van der Waals surface area contributed by atoms with Crippen molar-refractivity contribution in [1.82, 2.24) is 0 Å². The van der Waals surface area contributed by atoms with Crippen LogP contribution in [0.15, 0.2) is 36.9 Å². The molecule has 2 nitrogen and oxygen atoms in total. The van der Waals surface area contributed by atoms with Crippen LogP contribution in [0.4, 0.5) is 11.4 Å². The Bertz CT molecular complexity index is 814. The van der Waals surface area contributed by atoms with Gasteiger partial charge in [-0.2, -0.15) is 0 Å². The normalized spacial score (nSPS) is 14.5. The van der Waals surface area contributed by atoms with E-state index in [-0.39, 0.29) is 0 Å². The molecule has 26 heavy (non-hydrogen) atoms. The highest BCUT2D eigenvalue weighted by Crippen LogP contribution is 2.33. The van der Waals surface area contributed by atoms with Crippen LogP contribution >= 0.6 is 0 Å². The number of hydrogen-bond donors (Lipinski definition) is 0. The first-order chi connectivity index (χ1) is 12.4. The molecule has 2 aromatic rings. The van der Waals surface area contributed by atoms with Gasteiger partial charge in [0.25, 0.3) is 0 Å². The fraction of sp³-hybridized carbons (Fsp3) is 0.333. The maximum atomic E-state index is 3.91. The SMILES string of the molecule is C=Cc1cc(C)c(N2CCN(c3c(C)cc(/C=C/C)cc3C)C2)c(C)c1. The first kappa shape index (κ1) is 18.3. The lowest BCUT2D eigenvalue weighted by Crippen LogP contribution is -2.27. The fourth-order valence-corrected chi connectivity index (χ4v) is 4.34. The summed E-state index contributed by atoms with van der Waals surface area (Å²) in [5.74, 6) is 0. The van der Waals surface area contributed by atoms with Gasteiger partial charge in [-0.3, -0.25) is 0 Å².